The van der Waals surface area contributed by atoms with Crippen molar-refractivity contribution in [2.75, 3.05) is 0 Å². The van der Waals surface area contributed by atoms with Crippen molar-refractivity contribution in [2.45, 2.75) is 51.6 Å². The molecule has 0 aliphatic heterocycles. The van der Waals surface area contributed by atoms with Crippen LogP contribution in [-0.2, 0) is 23.0 Å². The molecule has 1 unspecified atom stereocenters. The number of hydrogen-bond donors (Lipinski definition) is 1. The molecular weight excluding hydrogens is 454 g/mol. The van der Waals surface area contributed by atoms with Gasteiger partial charge in [-0.25, -0.2) is 13.4 Å². The van der Waals surface area contributed by atoms with E-state index in [-0.39, 0.29) is 34.6 Å². The van der Waals surface area contributed by atoms with Gasteiger partial charge in [0.15, 0.2) is 5.82 Å². The monoisotopic (exact) mass is 481 g/mol. The third-order valence-electron chi connectivity index (χ3n) is 5.59. The van der Waals surface area contributed by atoms with E-state index in [4.69, 9.17) is 4.52 Å². The van der Waals surface area contributed by atoms with Crippen molar-refractivity contribution < 1.29 is 12.9 Å². The molecule has 2 aromatic carbocycles. The molecule has 34 heavy (non-hydrogen) atoms. The van der Waals surface area contributed by atoms with Crippen LogP contribution in [0, 0.1) is 12.8 Å². The molecule has 1 atom stereocenters. The predicted octanol–water partition coefficient (Wildman–Crippen LogP) is 3.37. The normalized spacial score (nSPS) is 13.0. The Morgan fingerprint density at radius 1 is 1.06 bits per heavy atom. The summed E-state index contributed by atoms with van der Waals surface area (Å²) in [4.78, 5) is 22.2. The molecule has 4 rings (SSSR count). The van der Waals surface area contributed by atoms with Crippen molar-refractivity contribution in [3.05, 3.63) is 82.0 Å². The van der Waals surface area contributed by atoms with Gasteiger partial charge < -0.3 is 4.52 Å². The highest BCUT2D eigenvalue weighted by Crippen LogP contribution is 2.23. The van der Waals surface area contributed by atoms with Gasteiger partial charge in [-0.3, -0.25) is 9.36 Å². The summed E-state index contributed by atoms with van der Waals surface area (Å²) in [5.74, 6) is 0.852. The van der Waals surface area contributed by atoms with Crippen molar-refractivity contribution in [2.24, 2.45) is 5.92 Å². The third-order valence-corrected chi connectivity index (χ3v) is 7.04. The first-order valence-corrected chi connectivity index (χ1v) is 12.6. The molecule has 4 aromatic rings. The molecule has 0 aliphatic carbocycles. The van der Waals surface area contributed by atoms with E-state index in [0.29, 0.717) is 23.1 Å². The van der Waals surface area contributed by atoms with Crippen LogP contribution < -0.4 is 10.3 Å². The average Bonchev–Trinajstić information content (AvgIpc) is 3.27. The van der Waals surface area contributed by atoms with Gasteiger partial charge in [-0.2, -0.15) is 9.71 Å². The van der Waals surface area contributed by atoms with E-state index in [1.807, 2.05) is 33.8 Å². The van der Waals surface area contributed by atoms with Crippen molar-refractivity contribution in [1.82, 2.24) is 24.4 Å². The Bertz CT molecular complexity index is 1470. The first kappa shape index (κ1) is 23.8. The molecule has 0 aliphatic rings. The number of aromatic nitrogens is 4. The number of para-hydroxylation sites is 1. The Hall–Kier alpha value is -3.37. The first-order valence-electron chi connectivity index (χ1n) is 11.1. The molecule has 1 N–H and O–H groups in total. The van der Waals surface area contributed by atoms with Gasteiger partial charge in [0.25, 0.3) is 5.56 Å². The van der Waals surface area contributed by atoms with E-state index in [0.717, 1.165) is 5.56 Å². The maximum Gasteiger partial charge on any atom is 0.261 e. The van der Waals surface area contributed by atoms with Crippen molar-refractivity contribution >= 4 is 20.9 Å². The molecule has 0 spiro atoms. The van der Waals surface area contributed by atoms with Crippen LogP contribution in [0.15, 0.2) is 62.7 Å². The topological polar surface area (TPSA) is 120 Å². The van der Waals surface area contributed by atoms with E-state index >= 15 is 0 Å². The molecule has 0 radical (unpaired) electrons. The highest BCUT2D eigenvalue weighted by molar-refractivity contribution is 7.89. The van der Waals surface area contributed by atoms with Crippen LogP contribution >= 0.6 is 0 Å². The summed E-state index contributed by atoms with van der Waals surface area (Å²) in [5.41, 5.74) is 1.42. The van der Waals surface area contributed by atoms with Gasteiger partial charge in [0.05, 0.1) is 22.3 Å². The summed E-state index contributed by atoms with van der Waals surface area (Å²) < 4.78 is 35.5. The largest absolute Gasteiger partial charge is 0.337 e. The van der Waals surface area contributed by atoms with Crippen molar-refractivity contribution in [3.8, 4) is 0 Å². The van der Waals surface area contributed by atoms with Gasteiger partial charge in [0.1, 0.15) is 11.9 Å². The van der Waals surface area contributed by atoms with Crippen molar-refractivity contribution in [3.63, 3.8) is 0 Å². The van der Waals surface area contributed by atoms with E-state index in [2.05, 4.69) is 19.8 Å². The maximum absolute atomic E-state index is 13.1. The lowest BCUT2D eigenvalue weighted by Crippen LogP contribution is -2.32. The van der Waals surface area contributed by atoms with Gasteiger partial charge in [-0.1, -0.05) is 55.8 Å². The minimum Gasteiger partial charge on any atom is -0.337 e. The Labute approximate surface area is 197 Å². The second-order valence-electron chi connectivity index (χ2n) is 8.49. The van der Waals surface area contributed by atoms with Gasteiger partial charge in [0.2, 0.25) is 15.9 Å². The molecule has 0 bridgehead atoms. The lowest BCUT2D eigenvalue weighted by atomic mass is 10.1. The van der Waals surface area contributed by atoms with Crippen molar-refractivity contribution in [1.29, 1.82) is 0 Å². The number of rotatable bonds is 8. The van der Waals surface area contributed by atoms with Crippen LogP contribution in [0.1, 0.15) is 49.9 Å². The zero-order valence-corrected chi connectivity index (χ0v) is 20.3. The minimum absolute atomic E-state index is 0.0683. The summed E-state index contributed by atoms with van der Waals surface area (Å²) in [6.45, 7) is 7.60. The number of nitrogens with one attached hydrogen (secondary N) is 1. The molecule has 9 nitrogen and oxygen atoms in total. The Kier molecular flexibility index (Phi) is 6.63. The standard InChI is InChI=1S/C24H27N5O4S/c1-5-21-25-19-9-7-6-8-18(19)24(30)29(21)14-20-26-23(33-27-20)22(15(2)3)28-34(31,32)17-12-10-16(4)11-13-17/h6-13,15,22,28H,5,14H2,1-4H3. The molecule has 178 valence electrons. The van der Waals surface area contributed by atoms with Gasteiger partial charge in [0, 0.05) is 6.42 Å². The number of nitrogens with zero attached hydrogens (tertiary/aromatic N) is 4. The van der Waals surface area contributed by atoms with E-state index in [1.54, 1.807) is 42.5 Å². The number of aryl methyl sites for hydroxylation is 2. The van der Waals surface area contributed by atoms with Crippen LogP contribution in [-0.4, -0.2) is 28.1 Å². The second kappa shape index (κ2) is 9.47. The van der Waals surface area contributed by atoms with Gasteiger partial charge in [-0.15, -0.1) is 0 Å². The van der Waals surface area contributed by atoms with Crippen LogP contribution in [0.5, 0.6) is 0 Å². The Morgan fingerprint density at radius 2 is 1.76 bits per heavy atom. The van der Waals surface area contributed by atoms with Gasteiger partial charge in [-0.05, 0) is 37.1 Å². The fourth-order valence-electron chi connectivity index (χ4n) is 3.67. The lowest BCUT2D eigenvalue weighted by Gasteiger charge is -2.18. The fraction of sp³-hybridized carbons (Fsp3) is 0.333. The molecular formula is C24H27N5O4S. The summed E-state index contributed by atoms with van der Waals surface area (Å²) in [7, 11) is -3.80. The number of fused-ring (bicyclic) bond motifs is 1. The van der Waals surface area contributed by atoms with Crippen LogP contribution in [0.2, 0.25) is 0 Å². The number of sulfonamides is 1. The molecule has 0 amide bonds. The molecule has 2 heterocycles. The van der Waals surface area contributed by atoms with E-state index < -0.39 is 16.1 Å². The van der Waals surface area contributed by atoms with Crippen LogP contribution in [0.25, 0.3) is 10.9 Å². The van der Waals surface area contributed by atoms with Gasteiger partial charge >= 0.3 is 0 Å². The van der Waals surface area contributed by atoms with Crippen LogP contribution in [0.3, 0.4) is 0 Å². The lowest BCUT2D eigenvalue weighted by molar-refractivity contribution is 0.309. The Balaban J connectivity index is 1.64. The molecule has 0 saturated heterocycles. The highest BCUT2D eigenvalue weighted by atomic mass is 32.2. The summed E-state index contributed by atoms with van der Waals surface area (Å²) in [6.07, 6.45) is 0.551. The summed E-state index contributed by atoms with van der Waals surface area (Å²) >= 11 is 0. The summed E-state index contributed by atoms with van der Waals surface area (Å²) in [5, 5.41) is 4.53. The van der Waals surface area contributed by atoms with E-state index in [9.17, 15) is 13.2 Å². The zero-order chi connectivity index (χ0) is 24.5. The quantitative estimate of drug-likeness (QED) is 0.410. The van der Waals surface area contributed by atoms with E-state index in [1.165, 1.54) is 4.57 Å². The number of hydrogen-bond acceptors (Lipinski definition) is 7. The zero-order valence-electron chi connectivity index (χ0n) is 19.5. The predicted molar refractivity (Wildman–Crippen MR) is 128 cm³/mol. The van der Waals surface area contributed by atoms with Crippen LogP contribution in [0.4, 0.5) is 0 Å². The first-order chi connectivity index (χ1) is 16.2. The highest BCUT2D eigenvalue weighted by Gasteiger charge is 2.29. The maximum atomic E-state index is 13.1. The third kappa shape index (κ3) is 4.78. The minimum atomic E-state index is -3.80. The summed E-state index contributed by atoms with van der Waals surface area (Å²) in [6, 6.07) is 13.0. The fourth-order valence-corrected chi connectivity index (χ4v) is 5.01. The Morgan fingerprint density at radius 3 is 2.44 bits per heavy atom. The number of benzene rings is 2. The average molecular weight is 482 g/mol. The molecule has 10 heteroatoms. The second-order valence-corrected chi connectivity index (χ2v) is 10.2. The molecule has 0 fully saturated rings. The SMILES string of the molecule is CCc1nc2ccccc2c(=O)n1Cc1noc(C(NS(=O)(=O)c2ccc(C)cc2)C(C)C)n1. The molecule has 2 aromatic heterocycles. The smallest absolute Gasteiger partial charge is 0.261 e. The molecule has 0 saturated carbocycles.